The number of nitrogens with zero attached hydrogens (tertiary/aromatic N) is 3. The third-order valence-corrected chi connectivity index (χ3v) is 3.30. The fraction of sp³-hybridized carbons (Fsp3) is 0.353. The fourth-order valence-corrected chi connectivity index (χ4v) is 2.23. The average Bonchev–Trinajstić information content (AvgIpc) is 2.43. The van der Waals surface area contributed by atoms with Gasteiger partial charge < -0.3 is 0 Å². The summed E-state index contributed by atoms with van der Waals surface area (Å²) in [6.07, 6.45) is 0. The van der Waals surface area contributed by atoms with Crippen LogP contribution < -0.4 is 5.56 Å². The van der Waals surface area contributed by atoms with Gasteiger partial charge in [-0.25, -0.2) is 4.68 Å². The number of rotatable bonds is 3. The molecular formula is C17H19N3O. The van der Waals surface area contributed by atoms with Gasteiger partial charge in [-0.05, 0) is 37.5 Å². The van der Waals surface area contributed by atoms with E-state index in [-0.39, 0.29) is 17.0 Å². The van der Waals surface area contributed by atoms with Crippen molar-refractivity contribution in [2.24, 2.45) is 5.92 Å². The molecule has 0 bridgehead atoms. The van der Waals surface area contributed by atoms with E-state index in [9.17, 15) is 10.1 Å². The Bertz CT molecular complexity index is 767. The first-order valence-electron chi connectivity index (χ1n) is 7.02. The van der Waals surface area contributed by atoms with Crippen molar-refractivity contribution in [1.82, 2.24) is 9.78 Å². The Labute approximate surface area is 124 Å². The van der Waals surface area contributed by atoms with Crippen LogP contribution in [-0.2, 0) is 6.54 Å². The standard InChI is InChI=1S/C17H19N3O/c1-11(2)10-20-17(21)14(9-18)8-16(19-20)15-7-12(3)5-6-13(15)4/h5-8,11H,10H2,1-4H3. The third kappa shape index (κ3) is 3.19. The second-order valence-corrected chi connectivity index (χ2v) is 5.75. The first kappa shape index (κ1) is 15.0. The molecule has 1 aromatic heterocycles. The van der Waals surface area contributed by atoms with Crippen LogP contribution in [0.25, 0.3) is 11.3 Å². The van der Waals surface area contributed by atoms with E-state index in [0.29, 0.717) is 12.2 Å². The predicted octanol–water partition coefficient (Wildman–Crippen LogP) is 3.05. The molecular weight excluding hydrogens is 262 g/mol. The van der Waals surface area contributed by atoms with Crippen LogP contribution in [0.15, 0.2) is 29.1 Å². The molecule has 108 valence electrons. The topological polar surface area (TPSA) is 58.7 Å². The summed E-state index contributed by atoms with van der Waals surface area (Å²) in [7, 11) is 0. The summed E-state index contributed by atoms with van der Waals surface area (Å²) in [5.41, 5.74) is 3.66. The molecule has 0 N–H and O–H groups in total. The molecule has 0 fully saturated rings. The predicted molar refractivity (Wildman–Crippen MR) is 83.0 cm³/mol. The van der Waals surface area contributed by atoms with Crippen molar-refractivity contribution >= 4 is 0 Å². The number of aryl methyl sites for hydroxylation is 2. The summed E-state index contributed by atoms with van der Waals surface area (Å²) in [5.74, 6) is 0.288. The zero-order valence-corrected chi connectivity index (χ0v) is 12.8. The smallest absolute Gasteiger partial charge is 0.266 e. The van der Waals surface area contributed by atoms with Crippen LogP contribution in [0.4, 0.5) is 0 Å². The largest absolute Gasteiger partial charge is 0.284 e. The van der Waals surface area contributed by atoms with Crippen LogP contribution in [0.5, 0.6) is 0 Å². The molecule has 0 radical (unpaired) electrons. The van der Waals surface area contributed by atoms with Crippen molar-refractivity contribution in [2.75, 3.05) is 0 Å². The molecule has 4 heteroatoms. The Kier molecular flexibility index (Phi) is 4.23. The first-order chi connectivity index (χ1) is 9.92. The van der Waals surface area contributed by atoms with Gasteiger partial charge in [-0.2, -0.15) is 10.4 Å². The molecule has 0 aliphatic heterocycles. The number of nitriles is 1. The second-order valence-electron chi connectivity index (χ2n) is 5.75. The van der Waals surface area contributed by atoms with E-state index in [4.69, 9.17) is 0 Å². The van der Waals surface area contributed by atoms with Gasteiger partial charge in [-0.15, -0.1) is 0 Å². The normalized spacial score (nSPS) is 10.7. The number of aromatic nitrogens is 2. The summed E-state index contributed by atoms with van der Waals surface area (Å²) < 4.78 is 1.40. The van der Waals surface area contributed by atoms with Crippen molar-refractivity contribution in [2.45, 2.75) is 34.2 Å². The molecule has 2 rings (SSSR count). The minimum absolute atomic E-state index is 0.140. The minimum atomic E-state index is -0.319. The van der Waals surface area contributed by atoms with Crippen molar-refractivity contribution in [3.05, 3.63) is 51.3 Å². The summed E-state index contributed by atoms with van der Waals surface area (Å²) in [6, 6.07) is 9.65. The Morgan fingerprint density at radius 3 is 2.62 bits per heavy atom. The molecule has 2 aromatic rings. The highest BCUT2D eigenvalue weighted by molar-refractivity contribution is 5.65. The van der Waals surface area contributed by atoms with Crippen LogP contribution >= 0.6 is 0 Å². The lowest BCUT2D eigenvalue weighted by atomic mass is 10.0. The van der Waals surface area contributed by atoms with E-state index in [1.54, 1.807) is 6.07 Å². The summed E-state index contributed by atoms with van der Waals surface area (Å²) >= 11 is 0. The number of hydrogen-bond acceptors (Lipinski definition) is 3. The number of benzene rings is 1. The number of hydrogen-bond donors (Lipinski definition) is 0. The molecule has 1 aromatic carbocycles. The third-order valence-electron chi connectivity index (χ3n) is 3.30. The molecule has 21 heavy (non-hydrogen) atoms. The van der Waals surface area contributed by atoms with Gasteiger partial charge in [0, 0.05) is 12.1 Å². The van der Waals surface area contributed by atoms with E-state index < -0.39 is 0 Å². The van der Waals surface area contributed by atoms with Crippen LogP contribution in [0.2, 0.25) is 0 Å². The van der Waals surface area contributed by atoms with Gasteiger partial charge in [0.2, 0.25) is 0 Å². The van der Waals surface area contributed by atoms with Crippen molar-refractivity contribution in [1.29, 1.82) is 5.26 Å². The van der Waals surface area contributed by atoms with E-state index >= 15 is 0 Å². The van der Waals surface area contributed by atoms with Crippen molar-refractivity contribution < 1.29 is 0 Å². The van der Waals surface area contributed by atoms with E-state index in [1.165, 1.54) is 4.68 Å². The van der Waals surface area contributed by atoms with E-state index in [1.807, 2.05) is 52.0 Å². The van der Waals surface area contributed by atoms with Crippen molar-refractivity contribution in [3.8, 4) is 17.3 Å². The highest BCUT2D eigenvalue weighted by Crippen LogP contribution is 2.22. The monoisotopic (exact) mass is 281 g/mol. The van der Waals surface area contributed by atoms with Gasteiger partial charge in [0.25, 0.3) is 5.56 Å². The maximum absolute atomic E-state index is 12.1. The molecule has 0 amide bonds. The molecule has 0 atom stereocenters. The highest BCUT2D eigenvalue weighted by Gasteiger charge is 2.12. The van der Waals surface area contributed by atoms with Gasteiger partial charge in [0.05, 0.1) is 5.69 Å². The summed E-state index contributed by atoms with van der Waals surface area (Å²) in [6.45, 7) is 8.56. The van der Waals surface area contributed by atoms with E-state index in [2.05, 4.69) is 5.10 Å². The van der Waals surface area contributed by atoms with Gasteiger partial charge in [0.1, 0.15) is 11.6 Å². The van der Waals surface area contributed by atoms with Gasteiger partial charge in [-0.1, -0.05) is 31.5 Å². The van der Waals surface area contributed by atoms with Crippen LogP contribution in [0.3, 0.4) is 0 Å². The molecule has 0 unspecified atom stereocenters. The SMILES string of the molecule is Cc1ccc(C)c(-c2cc(C#N)c(=O)n(CC(C)C)n2)c1. The van der Waals surface area contributed by atoms with Crippen molar-refractivity contribution in [3.63, 3.8) is 0 Å². The minimum Gasteiger partial charge on any atom is -0.266 e. The first-order valence-corrected chi connectivity index (χ1v) is 7.02. The lowest BCUT2D eigenvalue weighted by Crippen LogP contribution is -2.27. The molecule has 0 saturated heterocycles. The summed E-state index contributed by atoms with van der Waals surface area (Å²) in [5, 5.41) is 13.6. The van der Waals surface area contributed by atoms with Gasteiger partial charge >= 0.3 is 0 Å². The second kappa shape index (κ2) is 5.92. The highest BCUT2D eigenvalue weighted by atomic mass is 16.1. The average molecular weight is 281 g/mol. The zero-order valence-electron chi connectivity index (χ0n) is 12.8. The Hall–Kier alpha value is -2.41. The van der Waals surface area contributed by atoms with E-state index in [0.717, 1.165) is 16.7 Å². The molecule has 1 heterocycles. The molecule has 0 aliphatic rings. The maximum atomic E-state index is 12.1. The van der Waals surface area contributed by atoms with Gasteiger partial charge in [0.15, 0.2) is 0 Å². The summed E-state index contributed by atoms with van der Waals surface area (Å²) in [4.78, 5) is 12.1. The Morgan fingerprint density at radius 1 is 1.29 bits per heavy atom. The lowest BCUT2D eigenvalue weighted by Gasteiger charge is -2.12. The van der Waals surface area contributed by atoms with Gasteiger partial charge in [-0.3, -0.25) is 4.79 Å². The fourth-order valence-electron chi connectivity index (χ4n) is 2.23. The molecule has 4 nitrogen and oxygen atoms in total. The zero-order chi connectivity index (χ0) is 15.6. The van der Waals surface area contributed by atoms with Crippen LogP contribution in [-0.4, -0.2) is 9.78 Å². The maximum Gasteiger partial charge on any atom is 0.284 e. The Morgan fingerprint density at radius 2 is 2.00 bits per heavy atom. The molecule has 0 spiro atoms. The quantitative estimate of drug-likeness (QED) is 0.868. The molecule has 0 aliphatic carbocycles. The van der Waals surface area contributed by atoms with Crippen LogP contribution in [0, 0.1) is 31.1 Å². The Balaban J connectivity index is 2.67. The lowest BCUT2D eigenvalue weighted by molar-refractivity contribution is 0.464. The van der Waals surface area contributed by atoms with Crippen LogP contribution in [0.1, 0.15) is 30.5 Å². The molecule has 0 saturated carbocycles.